The van der Waals surface area contributed by atoms with Crippen LogP contribution >= 0.6 is 23.1 Å². The van der Waals surface area contributed by atoms with Gasteiger partial charge in [0.25, 0.3) is 5.91 Å². The molecule has 304 valence electrons. The number of para-hydroxylation sites is 1. The third-order valence-corrected chi connectivity index (χ3v) is 11.1. The molecule has 4 aromatic rings. The van der Waals surface area contributed by atoms with Gasteiger partial charge in [-0.2, -0.15) is 16.8 Å². The van der Waals surface area contributed by atoms with E-state index in [1.54, 1.807) is 31.0 Å². The van der Waals surface area contributed by atoms with Crippen LogP contribution in [0.25, 0.3) is 0 Å². The third kappa shape index (κ3) is 11.9. The van der Waals surface area contributed by atoms with E-state index in [4.69, 9.17) is 21.2 Å². The first-order chi connectivity index (χ1) is 28.1. The zero-order chi connectivity index (χ0) is 40.9. The number of nitrogens with one attached hydrogen (secondary N) is 4. The minimum Gasteiger partial charge on any atom is -0.492 e. The molecule has 3 heterocycles. The zero-order valence-corrected chi connectivity index (χ0v) is 34.2. The number of nitrogens with two attached hydrogens (primary N) is 2. The Balaban J connectivity index is 1.01. The largest absolute Gasteiger partial charge is 0.492 e. The smallest absolute Gasteiger partial charge is 0.321 e. The van der Waals surface area contributed by atoms with Crippen LogP contribution in [0.2, 0.25) is 0 Å². The minimum atomic E-state index is -1.17. The van der Waals surface area contributed by atoms with Crippen molar-refractivity contribution < 1.29 is 19.1 Å². The molecule has 0 radical (unpaired) electrons. The standard InChI is InChI=1S/C41H49N11O4S2/c1-27-8-5-10-29(22-27)46-40(55)49-37-38(54)51(2)34-14-4-3-13-33(34)36(48-37)28-9-6-12-32(23-28)56-20-19-52-18-16-44-24-31(52)11-7-15-35(53)45-17-21-57-25-30-26-58-41(47-30)50-39(42)43/h3-10,12-15,22-23,26,31,37,44H,11,16-21,24-25H2,1-2H3,(H,45,53)(H2,46,49,55)(H4,42,43,47,50). The van der Waals surface area contributed by atoms with Crippen molar-refractivity contribution in [1.29, 1.82) is 0 Å². The molecule has 15 nitrogen and oxygen atoms in total. The van der Waals surface area contributed by atoms with Gasteiger partial charge in [0, 0.05) is 79.5 Å². The van der Waals surface area contributed by atoms with Crippen molar-refractivity contribution >= 4 is 69.1 Å². The first-order valence-electron chi connectivity index (χ1n) is 19.0. The van der Waals surface area contributed by atoms with E-state index in [-0.39, 0.29) is 23.8 Å². The van der Waals surface area contributed by atoms with Crippen molar-refractivity contribution in [2.45, 2.75) is 31.3 Å². The molecule has 2 unspecified atom stereocenters. The number of aliphatic imine (C=N–C) groups is 2. The Morgan fingerprint density at radius 2 is 1.97 bits per heavy atom. The highest BCUT2D eigenvalue weighted by molar-refractivity contribution is 7.98. The Morgan fingerprint density at radius 1 is 1.12 bits per heavy atom. The van der Waals surface area contributed by atoms with Gasteiger partial charge in [-0.15, -0.1) is 11.3 Å². The number of guanidine groups is 1. The van der Waals surface area contributed by atoms with Gasteiger partial charge in [-0.25, -0.2) is 14.8 Å². The lowest BCUT2D eigenvalue weighted by atomic mass is 10.00. The number of fused-ring (bicyclic) bond motifs is 1. The lowest BCUT2D eigenvalue weighted by molar-refractivity contribution is -0.120. The van der Waals surface area contributed by atoms with Crippen molar-refractivity contribution in [3.05, 3.63) is 113 Å². The lowest BCUT2D eigenvalue weighted by Crippen LogP contribution is -2.52. The first-order valence-corrected chi connectivity index (χ1v) is 21.0. The van der Waals surface area contributed by atoms with E-state index in [1.165, 1.54) is 16.2 Å². The number of anilines is 2. The molecular formula is C41H49N11O4S2. The number of benzodiazepines with no additional fused rings is 1. The summed E-state index contributed by atoms with van der Waals surface area (Å²) in [5, 5.41) is 14.4. The number of ether oxygens (including phenoxy) is 1. The Hall–Kier alpha value is -5.75. The molecule has 3 aromatic carbocycles. The molecule has 0 spiro atoms. The lowest BCUT2D eigenvalue weighted by Gasteiger charge is -2.35. The number of rotatable bonds is 16. The van der Waals surface area contributed by atoms with E-state index in [2.05, 4.69) is 36.1 Å². The fraction of sp³-hybridized carbons (Fsp3) is 0.317. The van der Waals surface area contributed by atoms with Crippen molar-refractivity contribution in [3.63, 3.8) is 0 Å². The number of thiazole rings is 1. The van der Waals surface area contributed by atoms with Crippen LogP contribution in [0.4, 0.5) is 21.3 Å². The van der Waals surface area contributed by atoms with Gasteiger partial charge in [0.2, 0.25) is 17.2 Å². The summed E-state index contributed by atoms with van der Waals surface area (Å²) in [6.45, 7) is 6.18. The average molecular weight is 824 g/mol. The Labute approximate surface area is 346 Å². The predicted molar refractivity (Wildman–Crippen MR) is 233 cm³/mol. The maximum Gasteiger partial charge on any atom is 0.321 e. The molecule has 2 aliphatic rings. The number of carbonyl (C=O) groups is 3. The normalized spacial score (nSPS) is 16.9. The number of urea groups is 1. The number of aromatic nitrogens is 1. The maximum absolute atomic E-state index is 13.6. The molecule has 1 aromatic heterocycles. The summed E-state index contributed by atoms with van der Waals surface area (Å²) in [6, 6.07) is 22.3. The molecule has 1 fully saturated rings. The van der Waals surface area contributed by atoms with Crippen molar-refractivity contribution in [3.8, 4) is 5.75 Å². The second kappa shape index (κ2) is 20.6. The number of likely N-dealkylation sites (N-methyl/N-ethyl adjacent to an activating group) is 1. The highest BCUT2D eigenvalue weighted by Crippen LogP contribution is 2.29. The van der Waals surface area contributed by atoms with E-state index in [0.29, 0.717) is 53.4 Å². The van der Waals surface area contributed by atoms with Crippen LogP contribution in [-0.2, 0) is 15.3 Å². The molecule has 8 N–H and O–H groups in total. The molecule has 2 atom stereocenters. The third-order valence-electron chi connectivity index (χ3n) is 9.35. The molecule has 0 saturated carbocycles. The van der Waals surface area contributed by atoms with E-state index in [9.17, 15) is 14.4 Å². The van der Waals surface area contributed by atoms with E-state index >= 15 is 0 Å². The van der Waals surface area contributed by atoms with Gasteiger partial charge in [-0.1, -0.05) is 48.5 Å². The van der Waals surface area contributed by atoms with Gasteiger partial charge in [-0.05, 0) is 55.3 Å². The number of hydrogen-bond acceptors (Lipinski definition) is 11. The highest BCUT2D eigenvalue weighted by Gasteiger charge is 2.31. The zero-order valence-electron chi connectivity index (χ0n) is 32.5. The number of benzene rings is 3. The molecule has 1 saturated heterocycles. The van der Waals surface area contributed by atoms with Crippen LogP contribution in [0, 0.1) is 6.92 Å². The van der Waals surface area contributed by atoms with Crippen LogP contribution in [0.5, 0.6) is 5.75 Å². The quantitative estimate of drug-likeness (QED) is 0.0416. The van der Waals surface area contributed by atoms with Gasteiger partial charge >= 0.3 is 6.03 Å². The molecule has 58 heavy (non-hydrogen) atoms. The fourth-order valence-corrected chi connectivity index (χ4v) is 8.10. The van der Waals surface area contributed by atoms with Crippen LogP contribution < -0.4 is 42.4 Å². The summed E-state index contributed by atoms with van der Waals surface area (Å²) in [6.07, 6.45) is 3.09. The topological polar surface area (TPSA) is 205 Å². The van der Waals surface area contributed by atoms with Crippen LogP contribution in [0.1, 0.15) is 28.8 Å². The first kappa shape index (κ1) is 41.9. The molecule has 0 bridgehead atoms. The Kier molecular flexibility index (Phi) is 14.9. The summed E-state index contributed by atoms with van der Waals surface area (Å²) in [5.74, 6) is 1.62. The maximum atomic E-state index is 13.6. The minimum absolute atomic E-state index is 0.0140. The van der Waals surface area contributed by atoms with Gasteiger partial charge in [0.05, 0.1) is 17.1 Å². The number of piperazine rings is 1. The van der Waals surface area contributed by atoms with Crippen molar-refractivity contribution in [2.75, 3.05) is 62.3 Å². The molecule has 2 aliphatic heterocycles. The van der Waals surface area contributed by atoms with Gasteiger partial charge in [-0.3, -0.25) is 14.5 Å². The van der Waals surface area contributed by atoms with Gasteiger partial charge in [0.1, 0.15) is 12.4 Å². The summed E-state index contributed by atoms with van der Waals surface area (Å²) in [4.78, 5) is 56.3. The second-order valence-corrected chi connectivity index (χ2v) is 15.6. The Bertz CT molecular complexity index is 2150. The number of nitrogens with zero attached hydrogens (tertiary/aromatic N) is 5. The second-order valence-electron chi connectivity index (χ2n) is 13.7. The number of aryl methyl sites for hydroxylation is 1. The van der Waals surface area contributed by atoms with E-state index < -0.39 is 12.2 Å². The summed E-state index contributed by atoms with van der Waals surface area (Å²) in [7, 11) is 1.68. The Morgan fingerprint density at radius 3 is 2.81 bits per heavy atom. The molecule has 4 amide bonds. The van der Waals surface area contributed by atoms with Gasteiger partial charge < -0.3 is 42.4 Å². The van der Waals surface area contributed by atoms with Crippen molar-refractivity contribution in [2.24, 2.45) is 21.5 Å². The molecule has 6 rings (SSSR count). The van der Waals surface area contributed by atoms with Crippen LogP contribution in [0.3, 0.4) is 0 Å². The number of amides is 4. The van der Waals surface area contributed by atoms with Crippen LogP contribution in [-0.4, -0.2) is 104 Å². The summed E-state index contributed by atoms with van der Waals surface area (Å²) < 4.78 is 6.29. The fourth-order valence-electron chi connectivity index (χ4n) is 6.54. The molecular weight excluding hydrogens is 775 g/mol. The molecule has 17 heteroatoms. The number of hydrogen-bond donors (Lipinski definition) is 6. The number of thioether (sulfide) groups is 1. The summed E-state index contributed by atoms with van der Waals surface area (Å²) in [5.41, 5.74) is 16.1. The molecule has 0 aliphatic carbocycles. The average Bonchev–Trinajstić information content (AvgIpc) is 3.62. The predicted octanol–water partition coefficient (Wildman–Crippen LogP) is 3.97. The highest BCUT2D eigenvalue weighted by atomic mass is 32.2. The van der Waals surface area contributed by atoms with E-state index in [1.807, 2.05) is 85.1 Å². The SMILES string of the molecule is Cc1cccc(NC(=O)NC2N=C(c3cccc(OCCN4CCNCC4CC=CC(=O)NCCSCc4csc(N=C(N)N)n4)c3)c3ccccc3N(C)C2=O)c1. The van der Waals surface area contributed by atoms with Crippen LogP contribution in [0.15, 0.2) is 100 Å². The van der Waals surface area contributed by atoms with E-state index in [0.717, 1.165) is 54.2 Å². The number of carbonyl (C=O) groups excluding carboxylic acids is 3. The van der Waals surface area contributed by atoms with Crippen molar-refractivity contribution in [1.82, 2.24) is 25.8 Å². The monoisotopic (exact) mass is 823 g/mol. The van der Waals surface area contributed by atoms with Gasteiger partial charge in [0.15, 0.2) is 5.96 Å². The summed E-state index contributed by atoms with van der Waals surface area (Å²) >= 11 is 3.06.